The number of carbonyl (C=O) groups excluding carboxylic acids is 2. The minimum absolute atomic E-state index is 0.0310. The number of hydrogen-bond donors (Lipinski definition) is 6. The van der Waals surface area contributed by atoms with Crippen molar-refractivity contribution in [1.82, 2.24) is 21.3 Å². The third-order valence-electron chi connectivity index (χ3n) is 6.38. The van der Waals surface area contributed by atoms with Crippen LogP contribution in [-0.2, 0) is 9.47 Å². The van der Waals surface area contributed by atoms with Crippen LogP contribution in [0, 0.1) is 0 Å². The monoisotopic (exact) mass is 602 g/mol. The Labute approximate surface area is 254 Å². The van der Waals surface area contributed by atoms with Crippen LogP contribution in [0.4, 0.5) is 0 Å². The molecule has 2 amide bonds. The molecule has 0 aromatic heterocycles. The molecule has 2 atom stereocenters. The van der Waals surface area contributed by atoms with E-state index in [0.717, 1.165) is 11.1 Å². The Morgan fingerprint density at radius 3 is 1.36 bits per heavy atom. The Kier molecular flexibility index (Phi) is 9.33. The fraction of sp³-hybridized carbons (Fsp3) is 0.133. The topological polar surface area (TPSA) is 153 Å². The molecule has 2 unspecified atom stereocenters. The first-order chi connectivity index (χ1) is 20.1. The highest BCUT2D eigenvalue weighted by Gasteiger charge is 2.35. The summed E-state index contributed by atoms with van der Waals surface area (Å²) in [5.74, 6) is -0.0520. The quantitative estimate of drug-likeness (QED) is 0.215. The molecular weight excluding hydrogens is 573 g/mol. The number of rotatable bonds is 6. The smallest absolute Gasteiger partial charge is 0.257 e. The van der Waals surface area contributed by atoms with Crippen LogP contribution in [0.2, 0.25) is 0 Å². The van der Waals surface area contributed by atoms with Crippen LogP contribution in [-0.4, -0.2) is 47.6 Å². The minimum atomic E-state index is -1.33. The van der Waals surface area contributed by atoms with Gasteiger partial charge in [0.2, 0.25) is 0 Å². The van der Waals surface area contributed by atoms with Gasteiger partial charge in [0.15, 0.2) is 21.6 Å². The van der Waals surface area contributed by atoms with E-state index in [1.165, 1.54) is 14.2 Å². The first-order valence-corrected chi connectivity index (χ1v) is 13.5. The van der Waals surface area contributed by atoms with Gasteiger partial charge in [0.05, 0.1) is 14.2 Å². The summed E-state index contributed by atoms with van der Waals surface area (Å²) in [6.45, 7) is 0. The molecule has 216 valence electrons. The van der Waals surface area contributed by atoms with Crippen LogP contribution in [0.3, 0.4) is 0 Å². The van der Waals surface area contributed by atoms with E-state index in [2.05, 4.69) is 21.3 Å². The summed E-state index contributed by atoms with van der Waals surface area (Å²) in [6.07, 6.45) is 10.4. The van der Waals surface area contributed by atoms with Gasteiger partial charge in [-0.2, -0.15) is 0 Å². The lowest BCUT2D eigenvalue weighted by molar-refractivity contribution is 0.0967. The second-order valence-corrected chi connectivity index (χ2v) is 10.1. The van der Waals surface area contributed by atoms with Crippen molar-refractivity contribution in [1.29, 1.82) is 0 Å². The van der Waals surface area contributed by atoms with E-state index >= 15 is 0 Å². The molecule has 0 radical (unpaired) electrons. The second-order valence-electron chi connectivity index (χ2n) is 9.29. The molecule has 42 heavy (non-hydrogen) atoms. The van der Waals surface area contributed by atoms with E-state index in [1.807, 2.05) is 12.1 Å². The summed E-state index contributed by atoms with van der Waals surface area (Å²) in [4.78, 5) is 25.0. The van der Waals surface area contributed by atoms with Crippen molar-refractivity contribution < 1.29 is 19.1 Å². The van der Waals surface area contributed by atoms with Gasteiger partial charge >= 0.3 is 0 Å². The number of amides is 2. The fourth-order valence-corrected chi connectivity index (χ4v) is 4.74. The van der Waals surface area contributed by atoms with E-state index in [0.29, 0.717) is 22.6 Å². The third-order valence-corrected chi connectivity index (χ3v) is 6.79. The molecular formula is C30H30N6O4S2. The highest BCUT2D eigenvalue weighted by atomic mass is 32.1. The van der Waals surface area contributed by atoms with E-state index in [9.17, 15) is 9.59 Å². The van der Waals surface area contributed by atoms with Crippen molar-refractivity contribution in [3.05, 3.63) is 131 Å². The van der Waals surface area contributed by atoms with Crippen molar-refractivity contribution in [2.24, 2.45) is 11.5 Å². The van der Waals surface area contributed by atoms with Gasteiger partial charge in [-0.15, -0.1) is 0 Å². The molecule has 2 aromatic carbocycles. The normalized spacial score (nSPS) is 22.7. The molecule has 0 saturated carbocycles. The SMILES string of the molecule is COC1=C/C(=C2/C=CC(N)(NC(=S)NC(=O)c3ccccc3)C(OC)=C2)C=CC1(N)NC(=S)NC(=O)c1ccccc1. The number of carbonyl (C=O) groups is 2. The maximum atomic E-state index is 12.5. The van der Waals surface area contributed by atoms with Crippen LogP contribution >= 0.6 is 24.4 Å². The predicted octanol–water partition coefficient (Wildman–Crippen LogP) is 2.40. The molecule has 12 heteroatoms. The molecule has 0 saturated heterocycles. The second kappa shape index (κ2) is 12.9. The molecule has 0 heterocycles. The highest BCUT2D eigenvalue weighted by molar-refractivity contribution is 7.80. The summed E-state index contributed by atoms with van der Waals surface area (Å²) in [6, 6.07) is 17.4. The summed E-state index contributed by atoms with van der Waals surface area (Å²) in [5, 5.41) is 11.2. The van der Waals surface area contributed by atoms with Gasteiger partial charge in [-0.3, -0.25) is 31.7 Å². The molecule has 10 nitrogen and oxygen atoms in total. The van der Waals surface area contributed by atoms with Crippen molar-refractivity contribution in [3.8, 4) is 0 Å². The Hall–Kier alpha value is -4.62. The number of hydrogen-bond acceptors (Lipinski definition) is 8. The van der Waals surface area contributed by atoms with Crippen molar-refractivity contribution in [2.75, 3.05) is 14.2 Å². The molecule has 0 fully saturated rings. The van der Waals surface area contributed by atoms with Gasteiger partial charge in [0, 0.05) is 11.1 Å². The maximum Gasteiger partial charge on any atom is 0.257 e. The van der Waals surface area contributed by atoms with E-state index in [1.54, 1.807) is 85.0 Å². The van der Waals surface area contributed by atoms with Crippen LogP contribution in [0.15, 0.2) is 120 Å². The lowest BCUT2D eigenvalue weighted by atomic mass is 9.91. The zero-order chi connectivity index (χ0) is 30.3. The van der Waals surface area contributed by atoms with Gasteiger partial charge < -0.3 is 20.1 Å². The maximum absolute atomic E-state index is 12.5. The van der Waals surface area contributed by atoms with Gasteiger partial charge in [-0.1, -0.05) is 48.6 Å². The van der Waals surface area contributed by atoms with Gasteiger partial charge in [0.1, 0.15) is 11.5 Å². The third kappa shape index (κ3) is 6.98. The molecule has 0 bridgehead atoms. The van der Waals surface area contributed by atoms with Crippen LogP contribution in [0.25, 0.3) is 0 Å². The van der Waals surface area contributed by atoms with Gasteiger partial charge in [-0.25, -0.2) is 0 Å². The lowest BCUT2D eigenvalue weighted by Gasteiger charge is -2.34. The van der Waals surface area contributed by atoms with Gasteiger partial charge in [0.25, 0.3) is 11.8 Å². The van der Waals surface area contributed by atoms with E-state index < -0.39 is 11.3 Å². The molecule has 2 aromatic rings. The average molecular weight is 603 g/mol. The predicted molar refractivity (Wildman–Crippen MR) is 169 cm³/mol. The van der Waals surface area contributed by atoms with Crippen LogP contribution < -0.4 is 32.7 Å². The first-order valence-electron chi connectivity index (χ1n) is 12.7. The first kappa shape index (κ1) is 30.3. The largest absolute Gasteiger partial charge is 0.497 e. The highest BCUT2D eigenvalue weighted by Crippen LogP contribution is 2.30. The van der Waals surface area contributed by atoms with Gasteiger partial charge in [-0.05, 0) is 84.2 Å². The van der Waals surface area contributed by atoms with E-state index in [-0.39, 0.29) is 22.0 Å². The number of nitrogens with one attached hydrogen (secondary N) is 4. The Morgan fingerprint density at radius 1 is 0.667 bits per heavy atom. The van der Waals surface area contributed by atoms with Crippen molar-refractivity contribution in [2.45, 2.75) is 11.3 Å². The Balaban J connectivity index is 1.47. The average Bonchev–Trinajstić information content (AvgIpc) is 2.98. The zero-order valence-corrected chi connectivity index (χ0v) is 24.5. The van der Waals surface area contributed by atoms with E-state index in [4.69, 9.17) is 45.4 Å². The van der Waals surface area contributed by atoms with Crippen molar-refractivity contribution in [3.63, 3.8) is 0 Å². The summed E-state index contributed by atoms with van der Waals surface area (Å²) >= 11 is 10.7. The van der Waals surface area contributed by atoms with Crippen LogP contribution in [0.1, 0.15) is 20.7 Å². The number of methoxy groups -OCH3 is 2. The minimum Gasteiger partial charge on any atom is -0.497 e. The molecule has 0 spiro atoms. The fourth-order valence-electron chi connectivity index (χ4n) is 4.21. The number of benzene rings is 2. The van der Waals surface area contributed by atoms with Crippen molar-refractivity contribution >= 4 is 46.5 Å². The standard InChI is InChI=1S/C30H30N6O4S2/c1-39-23-17-21(13-15-29(23,31)35-27(41)33-25(37)19-9-5-3-6-10-19)22-14-16-30(32,24(18-22)40-2)36-28(42)34-26(38)20-11-7-4-8-12-20/h3-18H,31-32H2,1-2H3,(H2,33,35,37,41)(H2,34,36,38,42)/b22-21-. The molecule has 2 aliphatic carbocycles. The number of allylic oxidation sites excluding steroid dienone is 6. The summed E-state index contributed by atoms with van der Waals surface area (Å²) < 4.78 is 11.2. The molecule has 0 aliphatic heterocycles. The Bertz CT molecular complexity index is 1440. The summed E-state index contributed by atoms with van der Waals surface area (Å²) in [5.41, 5.74) is 12.9. The Morgan fingerprint density at radius 2 is 1.02 bits per heavy atom. The molecule has 4 rings (SSSR count). The number of thiocarbonyl (C=S) groups is 2. The lowest BCUT2D eigenvalue weighted by Crippen LogP contribution is -2.60. The number of nitrogens with two attached hydrogens (primary N) is 2. The zero-order valence-electron chi connectivity index (χ0n) is 22.8. The summed E-state index contributed by atoms with van der Waals surface area (Å²) in [7, 11) is 2.96. The molecule has 8 N–H and O–H groups in total. The number of ether oxygens (including phenoxy) is 2. The molecule has 2 aliphatic rings. The van der Waals surface area contributed by atoms with Crippen LogP contribution in [0.5, 0.6) is 0 Å².